The molecule has 0 amide bonds. The zero-order valence-electron chi connectivity index (χ0n) is 9.78. The predicted octanol–water partition coefficient (Wildman–Crippen LogP) is 3.91. The Balaban J connectivity index is 1.97. The molecule has 0 spiro atoms. The number of rotatable bonds is 4. The molecule has 0 saturated carbocycles. The maximum atomic E-state index is 5.82. The number of pyridine rings is 1. The minimum Gasteiger partial charge on any atom is -0.366 e. The van der Waals surface area contributed by atoms with Gasteiger partial charge in [0, 0.05) is 6.54 Å². The van der Waals surface area contributed by atoms with Crippen molar-refractivity contribution in [3.63, 3.8) is 0 Å². The van der Waals surface area contributed by atoms with Crippen molar-refractivity contribution in [1.29, 1.82) is 0 Å². The molecule has 1 heterocycles. The predicted molar refractivity (Wildman–Crippen MR) is 72.4 cm³/mol. The number of aromatic nitrogens is 1. The number of aryl methyl sites for hydroxylation is 1. The quantitative estimate of drug-likeness (QED) is 0.828. The second kappa shape index (κ2) is 5.69. The molecule has 0 fully saturated rings. The second-order valence-corrected chi connectivity index (χ2v) is 4.26. The largest absolute Gasteiger partial charge is 0.366 e. The number of hydrogen-bond donors (Lipinski definition) is 1. The fraction of sp³-hybridized carbons (Fsp3) is 0.214. The van der Waals surface area contributed by atoms with Crippen molar-refractivity contribution >= 4 is 17.4 Å². The van der Waals surface area contributed by atoms with Gasteiger partial charge in [-0.25, -0.2) is 4.98 Å². The Bertz CT molecular complexity index is 480. The highest BCUT2D eigenvalue weighted by molar-refractivity contribution is 6.29. The summed E-state index contributed by atoms with van der Waals surface area (Å²) in [4.78, 5) is 4.18. The third-order valence-corrected chi connectivity index (χ3v) is 2.83. The van der Waals surface area contributed by atoms with E-state index in [4.69, 9.17) is 11.6 Å². The van der Waals surface area contributed by atoms with Gasteiger partial charge in [0.2, 0.25) is 0 Å². The van der Waals surface area contributed by atoms with E-state index in [2.05, 4.69) is 41.5 Å². The molecular weight excluding hydrogens is 232 g/mol. The van der Waals surface area contributed by atoms with Gasteiger partial charge in [-0.15, -0.1) is 0 Å². The van der Waals surface area contributed by atoms with E-state index in [1.807, 2.05) is 12.1 Å². The topological polar surface area (TPSA) is 24.9 Å². The Hall–Kier alpha value is -1.54. The Morgan fingerprint density at radius 3 is 2.41 bits per heavy atom. The van der Waals surface area contributed by atoms with Gasteiger partial charge in [-0.2, -0.15) is 0 Å². The average Bonchev–Trinajstić information content (AvgIpc) is 2.37. The Morgan fingerprint density at radius 1 is 1.06 bits per heavy atom. The second-order valence-electron chi connectivity index (χ2n) is 3.87. The van der Waals surface area contributed by atoms with Crippen LogP contribution in [0.2, 0.25) is 5.15 Å². The molecule has 0 aliphatic carbocycles. The number of halogens is 1. The summed E-state index contributed by atoms with van der Waals surface area (Å²) in [6.07, 6.45) is 1.07. The van der Waals surface area contributed by atoms with Crippen molar-refractivity contribution in [2.75, 3.05) is 5.32 Å². The highest BCUT2D eigenvalue weighted by atomic mass is 35.5. The number of benzene rings is 1. The van der Waals surface area contributed by atoms with Crippen molar-refractivity contribution < 1.29 is 0 Å². The Labute approximate surface area is 107 Å². The van der Waals surface area contributed by atoms with Crippen molar-refractivity contribution in [3.05, 3.63) is 58.7 Å². The van der Waals surface area contributed by atoms with Gasteiger partial charge in [-0.1, -0.05) is 48.9 Å². The molecule has 1 N–H and O–H groups in total. The van der Waals surface area contributed by atoms with Crippen LogP contribution in [-0.4, -0.2) is 4.98 Å². The SMILES string of the molecule is CCc1ccc(CNc2cccc(Cl)n2)cc1. The number of hydrogen-bond acceptors (Lipinski definition) is 2. The van der Waals surface area contributed by atoms with Crippen LogP contribution < -0.4 is 5.32 Å². The molecule has 2 rings (SSSR count). The number of nitrogens with one attached hydrogen (secondary N) is 1. The summed E-state index contributed by atoms with van der Waals surface area (Å²) in [5.41, 5.74) is 2.60. The summed E-state index contributed by atoms with van der Waals surface area (Å²) in [6.45, 7) is 2.92. The van der Waals surface area contributed by atoms with Crippen LogP contribution in [0.15, 0.2) is 42.5 Å². The summed E-state index contributed by atoms with van der Waals surface area (Å²) in [5, 5.41) is 3.75. The van der Waals surface area contributed by atoms with E-state index in [9.17, 15) is 0 Å². The van der Waals surface area contributed by atoms with Crippen LogP contribution in [0.4, 0.5) is 5.82 Å². The summed E-state index contributed by atoms with van der Waals surface area (Å²) in [6, 6.07) is 14.1. The molecule has 0 aliphatic rings. The van der Waals surface area contributed by atoms with Gasteiger partial charge < -0.3 is 5.32 Å². The summed E-state index contributed by atoms with van der Waals surface area (Å²) >= 11 is 5.82. The minimum atomic E-state index is 0.510. The fourth-order valence-corrected chi connectivity index (χ4v) is 1.76. The molecule has 2 nitrogen and oxygen atoms in total. The summed E-state index contributed by atoms with van der Waals surface area (Å²) in [5.74, 6) is 0.803. The van der Waals surface area contributed by atoms with Gasteiger partial charge in [0.15, 0.2) is 0 Å². The normalized spacial score (nSPS) is 10.2. The molecule has 3 heteroatoms. The molecule has 0 saturated heterocycles. The van der Waals surface area contributed by atoms with Gasteiger partial charge in [-0.3, -0.25) is 0 Å². The van der Waals surface area contributed by atoms with Crippen LogP contribution in [0, 0.1) is 0 Å². The van der Waals surface area contributed by atoms with Crippen LogP contribution in [0.3, 0.4) is 0 Å². The van der Waals surface area contributed by atoms with E-state index < -0.39 is 0 Å². The standard InChI is InChI=1S/C14H15ClN2/c1-2-11-6-8-12(9-7-11)10-16-14-5-3-4-13(15)17-14/h3-9H,2,10H2,1H3,(H,16,17). The molecular formula is C14H15ClN2. The van der Waals surface area contributed by atoms with Gasteiger partial charge >= 0.3 is 0 Å². The molecule has 88 valence electrons. The molecule has 0 atom stereocenters. The van der Waals surface area contributed by atoms with Crippen molar-refractivity contribution in [3.8, 4) is 0 Å². The number of nitrogens with zero attached hydrogens (tertiary/aromatic N) is 1. The zero-order chi connectivity index (χ0) is 12.1. The first-order valence-electron chi connectivity index (χ1n) is 5.72. The molecule has 17 heavy (non-hydrogen) atoms. The third kappa shape index (κ3) is 3.46. The van der Waals surface area contributed by atoms with E-state index in [-0.39, 0.29) is 0 Å². The van der Waals surface area contributed by atoms with Crippen LogP contribution in [0.25, 0.3) is 0 Å². The fourth-order valence-electron chi connectivity index (χ4n) is 1.59. The van der Waals surface area contributed by atoms with Crippen molar-refractivity contribution in [2.24, 2.45) is 0 Å². The zero-order valence-corrected chi connectivity index (χ0v) is 10.5. The molecule has 0 aliphatic heterocycles. The lowest BCUT2D eigenvalue weighted by Crippen LogP contribution is -2.01. The lowest BCUT2D eigenvalue weighted by Gasteiger charge is -2.06. The minimum absolute atomic E-state index is 0.510. The first kappa shape index (κ1) is 11.9. The van der Waals surface area contributed by atoms with E-state index >= 15 is 0 Å². The average molecular weight is 247 g/mol. The van der Waals surface area contributed by atoms with Gasteiger partial charge in [0.05, 0.1) is 0 Å². The number of anilines is 1. The lowest BCUT2D eigenvalue weighted by atomic mass is 10.1. The highest BCUT2D eigenvalue weighted by Crippen LogP contribution is 2.11. The van der Waals surface area contributed by atoms with Crippen LogP contribution in [0.1, 0.15) is 18.1 Å². The van der Waals surface area contributed by atoms with E-state index in [1.54, 1.807) is 6.07 Å². The van der Waals surface area contributed by atoms with Gasteiger partial charge in [-0.05, 0) is 29.7 Å². The monoisotopic (exact) mass is 246 g/mol. The van der Waals surface area contributed by atoms with Crippen LogP contribution in [0.5, 0.6) is 0 Å². The van der Waals surface area contributed by atoms with Crippen LogP contribution in [-0.2, 0) is 13.0 Å². The molecule has 2 aromatic rings. The smallest absolute Gasteiger partial charge is 0.131 e. The molecule has 0 unspecified atom stereocenters. The third-order valence-electron chi connectivity index (χ3n) is 2.62. The highest BCUT2D eigenvalue weighted by Gasteiger charge is 1.96. The van der Waals surface area contributed by atoms with Gasteiger partial charge in [0.1, 0.15) is 11.0 Å². The lowest BCUT2D eigenvalue weighted by molar-refractivity contribution is 1.09. The van der Waals surface area contributed by atoms with E-state index in [1.165, 1.54) is 11.1 Å². The van der Waals surface area contributed by atoms with E-state index in [0.29, 0.717) is 5.15 Å². The molecule has 0 bridgehead atoms. The molecule has 1 aromatic carbocycles. The summed E-state index contributed by atoms with van der Waals surface area (Å²) < 4.78 is 0. The van der Waals surface area contributed by atoms with E-state index in [0.717, 1.165) is 18.8 Å². The van der Waals surface area contributed by atoms with Crippen molar-refractivity contribution in [1.82, 2.24) is 4.98 Å². The van der Waals surface area contributed by atoms with Crippen molar-refractivity contribution in [2.45, 2.75) is 19.9 Å². The van der Waals surface area contributed by atoms with Crippen LogP contribution >= 0.6 is 11.6 Å². The first-order valence-corrected chi connectivity index (χ1v) is 6.10. The maximum absolute atomic E-state index is 5.82. The Morgan fingerprint density at radius 2 is 1.76 bits per heavy atom. The van der Waals surface area contributed by atoms with Gasteiger partial charge in [0.25, 0.3) is 0 Å². The maximum Gasteiger partial charge on any atom is 0.131 e. The first-order chi connectivity index (χ1) is 8.28. The molecule has 1 aromatic heterocycles. The Kier molecular flexibility index (Phi) is 3.99. The summed E-state index contributed by atoms with van der Waals surface area (Å²) in [7, 11) is 0. The molecule has 0 radical (unpaired) electrons.